The van der Waals surface area contributed by atoms with Crippen molar-refractivity contribution < 1.29 is 18.4 Å². The van der Waals surface area contributed by atoms with Gasteiger partial charge in [0.1, 0.15) is 17.2 Å². The van der Waals surface area contributed by atoms with E-state index in [1.165, 1.54) is 0 Å². The number of carbonyl (C=O) groups is 2. The fourth-order valence-corrected chi connectivity index (χ4v) is 2.46. The fourth-order valence-electron chi connectivity index (χ4n) is 2.06. The standard InChI is InChI=1S/C16H14BrF2N3O2/c1-8(2)14-12(4-3-5-20-14)21-16(24)22-15(23)13-10(18)6-9(17)7-11(13)19/h3-8H,1-2H3,(H2,21,22,23,24). The van der Waals surface area contributed by atoms with E-state index in [4.69, 9.17) is 0 Å². The van der Waals surface area contributed by atoms with Gasteiger partial charge < -0.3 is 5.32 Å². The lowest BCUT2D eigenvalue weighted by atomic mass is 10.1. The predicted molar refractivity (Wildman–Crippen MR) is 88.9 cm³/mol. The van der Waals surface area contributed by atoms with Crippen molar-refractivity contribution in [3.63, 3.8) is 0 Å². The minimum absolute atomic E-state index is 0.0403. The van der Waals surface area contributed by atoms with E-state index < -0.39 is 29.1 Å². The van der Waals surface area contributed by atoms with E-state index in [9.17, 15) is 18.4 Å². The molecule has 0 saturated heterocycles. The number of benzene rings is 1. The summed E-state index contributed by atoms with van der Waals surface area (Å²) < 4.78 is 27.6. The van der Waals surface area contributed by atoms with Crippen molar-refractivity contribution in [2.75, 3.05) is 5.32 Å². The van der Waals surface area contributed by atoms with Crippen molar-refractivity contribution in [2.24, 2.45) is 0 Å². The summed E-state index contributed by atoms with van der Waals surface area (Å²) in [6.07, 6.45) is 1.58. The Morgan fingerprint density at radius 1 is 1.21 bits per heavy atom. The number of nitrogens with zero attached hydrogens (tertiary/aromatic N) is 1. The highest BCUT2D eigenvalue weighted by Gasteiger charge is 2.21. The number of anilines is 1. The molecule has 3 amide bonds. The van der Waals surface area contributed by atoms with Crippen LogP contribution in [0.3, 0.4) is 0 Å². The lowest BCUT2D eigenvalue weighted by Crippen LogP contribution is -2.35. The summed E-state index contributed by atoms with van der Waals surface area (Å²) in [5.74, 6) is -3.28. The van der Waals surface area contributed by atoms with Gasteiger partial charge in [-0.25, -0.2) is 13.6 Å². The number of hydrogen-bond donors (Lipinski definition) is 2. The molecule has 2 N–H and O–H groups in total. The zero-order chi connectivity index (χ0) is 17.9. The second-order valence-electron chi connectivity index (χ2n) is 5.24. The summed E-state index contributed by atoms with van der Waals surface area (Å²) in [7, 11) is 0. The molecular formula is C16H14BrF2N3O2. The molecule has 8 heteroatoms. The van der Waals surface area contributed by atoms with Crippen molar-refractivity contribution >= 4 is 33.6 Å². The maximum absolute atomic E-state index is 13.7. The van der Waals surface area contributed by atoms with Crippen LogP contribution in [0.25, 0.3) is 0 Å². The molecule has 0 fully saturated rings. The highest BCUT2D eigenvalue weighted by molar-refractivity contribution is 9.10. The number of hydrogen-bond acceptors (Lipinski definition) is 3. The summed E-state index contributed by atoms with van der Waals surface area (Å²) in [6.45, 7) is 3.78. The van der Waals surface area contributed by atoms with Gasteiger partial charge in [0.15, 0.2) is 0 Å². The Bertz CT molecular complexity index is 774. The molecule has 0 radical (unpaired) electrons. The molecule has 0 spiro atoms. The first kappa shape index (κ1) is 18.0. The van der Waals surface area contributed by atoms with Crippen LogP contribution in [0.1, 0.15) is 35.8 Å². The average molecular weight is 398 g/mol. The van der Waals surface area contributed by atoms with Crippen LogP contribution in [-0.2, 0) is 0 Å². The number of nitrogens with one attached hydrogen (secondary N) is 2. The average Bonchev–Trinajstić information content (AvgIpc) is 2.46. The molecule has 24 heavy (non-hydrogen) atoms. The van der Waals surface area contributed by atoms with Crippen LogP contribution in [0.15, 0.2) is 34.9 Å². The third-order valence-electron chi connectivity index (χ3n) is 3.09. The quantitative estimate of drug-likeness (QED) is 0.814. The number of rotatable bonds is 3. The third-order valence-corrected chi connectivity index (χ3v) is 3.55. The third kappa shape index (κ3) is 4.14. The number of carbonyl (C=O) groups excluding carboxylic acids is 2. The molecule has 2 rings (SSSR count). The topological polar surface area (TPSA) is 71.1 Å². The predicted octanol–water partition coefficient (Wildman–Crippen LogP) is 4.21. The summed E-state index contributed by atoms with van der Waals surface area (Å²) in [6, 6.07) is 4.21. The molecule has 0 aliphatic heterocycles. The van der Waals surface area contributed by atoms with Crippen LogP contribution >= 0.6 is 15.9 Å². The molecule has 0 atom stereocenters. The first-order chi connectivity index (χ1) is 11.3. The molecular weight excluding hydrogens is 384 g/mol. The van der Waals surface area contributed by atoms with Gasteiger partial charge in [0.05, 0.1) is 11.4 Å². The summed E-state index contributed by atoms with van der Waals surface area (Å²) in [5, 5.41) is 4.36. The van der Waals surface area contributed by atoms with Gasteiger partial charge in [-0.05, 0) is 30.2 Å². The van der Waals surface area contributed by atoms with Gasteiger partial charge in [0.25, 0.3) is 5.91 Å². The molecule has 2 aromatic rings. The van der Waals surface area contributed by atoms with E-state index >= 15 is 0 Å². The van der Waals surface area contributed by atoms with E-state index in [-0.39, 0.29) is 10.4 Å². The molecule has 1 heterocycles. The Balaban J connectivity index is 2.15. The van der Waals surface area contributed by atoms with E-state index in [1.807, 2.05) is 19.2 Å². The van der Waals surface area contributed by atoms with E-state index in [2.05, 4.69) is 26.2 Å². The second-order valence-corrected chi connectivity index (χ2v) is 6.16. The maximum Gasteiger partial charge on any atom is 0.326 e. The zero-order valence-corrected chi connectivity index (χ0v) is 14.4. The van der Waals surface area contributed by atoms with E-state index in [0.29, 0.717) is 11.4 Å². The van der Waals surface area contributed by atoms with Crippen molar-refractivity contribution in [1.82, 2.24) is 10.3 Å². The summed E-state index contributed by atoms with van der Waals surface area (Å²) in [4.78, 5) is 28.0. The molecule has 0 aliphatic carbocycles. The van der Waals surface area contributed by atoms with Crippen LogP contribution in [0.5, 0.6) is 0 Å². The Morgan fingerprint density at radius 3 is 2.42 bits per heavy atom. The van der Waals surface area contributed by atoms with Gasteiger partial charge in [-0.15, -0.1) is 0 Å². The van der Waals surface area contributed by atoms with Crippen molar-refractivity contribution in [3.05, 3.63) is 57.8 Å². The largest absolute Gasteiger partial charge is 0.326 e. The van der Waals surface area contributed by atoms with Crippen molar-refractivity contribution in [1.29, 1.82) is 0 Å². The van der Waals surface area contributed by atoms with Crippen LogP contribution in [0.4, 0.5) is 19.3 Å². The number of imide groups is 1. The molecule has 0 saturated carbocycles. The van der Waals surface area contributed by atoms with Gasteiger partial charge in [-0.3, -0.25) is 15.1 Å². The second kappa shape index (κ2) is 7.48. The lowest BCUT2D eigenvalue weighted by molar-refractivity contribution is 0.0959. The highest BCUT2D eigenvalue weighted by Crippen LogP contribution is 2.21. The minimum Gasteiger partial charge on any atom is -0.306 e. The van der Waals surface area contributed by atoms with Crippen LogP contribution in [0.2, 0.25) is 0 Å². The highest BCUT2D eigenvalue weighted by atomic mass is 79.9. The number of pyridine rings is 1. The Kier molecular flexibility index (Phi) is 5.61. The lowest BCUT2D eigenvalue weighted by Gasteiger charge is -2.13. The van der Waals surface area contributed by atoms with Crippen molar-refractivity contribution in [3.8, 4) is 0 Å². The molecule has 0 unspecified atom stereocenters. The normalized spacial score (nSPS) is 10.6. The zero-order valence-electron chi connectivity index (χ0n) is 12.9. The van der Waals surface area contributed by atoms with Gasteiger partial charge in [0.2, 0.25) is 0 Å². The minimum atomic E-state index is -1.18. The fraction of sp³-hybridized carbons (Fsp3) is 0.188. The van der Waals surface area contributed by atoms with Gasteiger partial charge >= 0.3 is 6.03 Å². The van der Waals surface area contributed by atoms with Crippen molar-refractivity contribution in [2.45, 2.75) is 19.8 Å². The van der Waals surface area contributed by atoms with E-state index in [1.54, 1.807) is 18.3 Å². The number of halogens is 3. The first-order valence-electron chi connectivity index (χ1n) is 7.01. The van der Waals surface area contributed by atoms with Gasteiger partial charge in [-0.2, -0.15) is 0 Å². The van der Waals surface area contributed by atoms with E-state index in [0.717, 1.165) is 12.1 Å². The van der Waals surface area contributed by atoms with Crippen LogP contribution in [0, 0.1) is 11.6 Å². The first-order valence-corrected chi connectivity index (χ1v) is 7.80. The SMILES string of the molecule is CC(C)c1ncccc1NC(=O)NC(=O)c1c(F)cc(Br)cc1F. The van der Waals surface area contributed by atoms with Crippen LogP contribution in [-0.4, -0.2) is 16.9 Å². The number of aromatic nitrogens is 1. The molecule has 5 nitrogen and oxygen atoms in total. The maximum atomic E-state index is 13.7. The molecule has 1 aromatic heterocycles. The summed E-state index contributed by atoms with van der Waals surface area (Å²) in [5.41, 5.74) is 0.208. The molecule has 1 aromatic carbocycles. The Hall–Kier alpha value is -2.35. The molecule has 0 aliphatic rings. The number of urea groups is 1. The molecule has 126 valence electrons. The number of amides is 3. The summed E-state index contributed by atoms with van der Waals surface area (Å²) >= 11 is 2.91. The monoisotopic (exact) mass is 397 g/mol. The van der Waals surface area contributed by atoms with Gasteiger partial charge in [-0.1, -0.05) is 29.8 Å². The Morgan fingerprint density at radius 2 is 1.83 bits per heavy atom. The molecule has 0 bridgehead atoms. The Labute approximate surface area is 145 Å². The van der Waals surface area contributed by atoms with Gasteiger partial charge in [0, 0.05) is 10.7 Å². The van der Waals surface area contributed by atoms with Crippen LogP contribution < -0.4 is 10.6 Å². The smallest absolute Gasteiger partial charge is 0.306 e.